The fourth-order valence-electron chi connectivity index (χ4n) is 3.60. The molecule has 4 rings (SSSR count). The first-order valence-corrected chi connectivity index (χ1v) is 9.20. The number of hydrogen-bond acceptors (Lipinski definition) is 5. The van der Waals surface area contributed by atoms with Gasteiger partial charge in [0.05, 0.1) is 48.4 Å². The zero-order valence-electron chi connectivity index (χ0n) is 16.1. The minimum absolute atomic E-state index is 0.0305. The Kier molecular flexibility index (Phi) is 4.59. The number of carbonyl (C=O) groups is 2. The second kappa shape index (κ2) is 6.98. The van der Waals surface area contributed by atoms with Gasteiger partial charge in [0.2, 0.25) is 11.9 Å². The lowest BCUT2D eigenvalue weighted by atomic mass is 10.1. The van der Waals surface area contributed by atoms with Gasteiger partial charge in [0.25, 0.3) is 0 Å². The number of anilines is 2. The van der Waals surface area contributed by atoms with Crippen LogP contribution >= 0.6 is 0 Å². The Balaban J connectivity index is 1.58. The third kappa shape index (κ3) is 3.36. The first kappa shape index (κ1) is 19.1. The van der Waals surface area contributed by atoms with Gasteiger partial charge in [-0.05, 0) is 20.8 Å². The van der Waals surface area contributed by atoms with Crippen LogP contribution in [-0.4, -0.2) is 50.0 Å². The number of hydrogen-bond donors (Lipinski definition) is 1. The molecule has 0 aliphatic carbocycles. The molecule has 2 aromatic rings. The summed E-state index contributed by atoms with van der Waals surface area (Å²) in [4.78, 5) is 31.1. The lowest BCUT2D eigenvalue weighted by molar-refractivity contribution is 0.143. The van der Waals surface area contributed by atoms with Crippen molar-refractivity contribution in [3.63, 3.8) is 0 Å². The predicted octanol–water partition coefficient (Wildman–Crippen LogP) is 2.73. The monoisotopic (exact) mass is 406 g/mol. The third-order valence-corrected chi connectivity index (χ3v) is 5.32. The summed E-state index contributed by atoms with van der Waals surface area (Å²) >= 11 is 0. The molecule has 0 aromatic carbocycles. The largest absolute Gasteiger partial charge is 0.444 e. The third-order valence-electron chi connectivity index (χ3n) is 5.32. The average Bonchev–Trinajstić information content (AvgIpc) is 3.12. The van der Waals surface area contributed by atoms with Crippen LogP contribution in [0.3, 0.4) is 0 Å². The maximum Gasteiger partial charge on any atom is 0.415 e. The SMILES string of the molecule is C[C@H]1OC(=O)N(c2cnn3c2CN(C(=O)Nc2cc(F)nc(F)c2)[C@@H](C)C3)[C@H]1C. The van der Waals surface area contributed by atoms with Crippen LogP contribution in [-0.2, 0) is 17.8 Å². The van der Waals surface area contributed by atoms with Crippen molar-refractivity contribution in [3.05, 3.63) is 35.9 Å². The molecule has 1 saturated heterocycles. The van der Waals surface area contributed by atoms with Gasteiger partial charge in [-0.2, -0.15) is 18.9 Å². The first-order valence-electron chi connectivity index (χ1n) is 9.20. The number of ether oxygens (including phenoxy) is 1. The standard InChI is InChI=1S/C18H20F2N6O3/c1-9-7-25-14(13(6-21-25)26-10(2)11(3)29-18(26)28)8-24(9)17(27)22-12-4-15(19)23-16(20)5-12/h4-6,9-11H,7-8H2,1-3H3,(H,22,23,27)/t9-,10-,11+/m0/s1. The molecular formula is C18H20F2N6O3. The number of nitrogens with one attached hydrogen (secondary N) is 1. The number of rotatable bonds is 2. The number of aromatic nitrogens is 3. The highest BCUT2D eigenvalue weighted by Gasteiger charge is 2.40. The van der Waals surface area contributed by atoms with Gasteiger partial charge >= 0.3 is 12.1 Å². The van der Waals surface area contributed by atoms with Crippen LogP contribution in [0, 0.1) is 11.9 Å². The van der Waals surface area contributed by atoms with E-state index in [2.05, 4.69) is 15.4 Å². The summed E-state index contributed by atoms with van der Waals surface area (Å²) in [5.74, 6) is -2.05. The van der Waals surface area contributed by atoms with E-state index in [0.717, 1.165) is 12.1 Å². The zero-order chi connectivity index (χ0) is 20.9. The molecule has 2 aromatic heterocycles. The fraction of sp³-hybridized carbons (Fsp3) is 0.444. The van der Waals surface area contributed by atoms with E-state index in [4.69, 9.17) is 4.74 Å². The van der Waals surface area contributed by atoms with Gasteiger partial charge in [-0.3, -0.25) is 9.58 Å². The van der Waals surface area contributed by atoms with Crippen molar-refractivity contribution in [2.24, 2.45) is 0 Å². The molecule has 2 aliphatic heterocycles. The number of pyridine rings is 1. The maximum atomic E-state index is 13.3. The highest BCUT2D eigenvalue weighted by molar-refractivity contribution is 5.92. The second-order valence-electron chi connectivity index (χ2n) is 7.27. The Morgan fingerprint density at radius 1 is 1.24 bits per heavy atom. The number of carbonyl (C=O) groups excluding carboxylic acids is 2. The van der Waals surface area contributed by atoms with Gasteiger partial charge in [-0.25, -0.2) is 9.59 Å². The van der Waals surface area contributed by atoms with Crippen LogP contribution in [0.5, 0.6) is 0 Å². The van der Waals surface area contributed by atoms with Gasteiger partial charge in [0, 0.05) is 12.1 Å². The summed E-state index contributed by atoms with van der Waals surface area (Å²) in [6, 6.07) is 0.948. The predicted molar refractivity (Wildman–Crippen MR) is 98.3 cm³/mol. The lowest BCUT2D eigenvalue weighted by Crippen LogP contribution is -2.47. The van der Waals surface area contributed by atoms with E-state index in [-0.39, 0.29) is 30.4 Å². The molecule has 1 fully saturated rings. The van der Waals surface area contributed by atoms with Crippen molar-refractivity contribution in [3.8, 4) is 0 Å². The van der Waals surface area contributed by atoms with Crippen LogP contribution in [0.15, 0.2) is 18.3 Å². The van der Waals surface area contributed by atoms with Crippen LogP contribution in [0.1, 0.15) is 26.5 Å². The topological polar surface area (TPSA) is 92.6 Å². The molecule has 3 amide bonds. The maximum absolute atomic E-state index is 13.3. The number of urea groups is 1. The Morgan fingerprint density at radius 3 is 2.55 bits per heavy atom. The van der Waals surface area contributed by atoms with Crippen LogP contribution in [0.2, 0.25) is 0 Å². The highest BCUT2D eigenvalue weighted by Crippen LogP contribution is 2.33. The van der Waals surface area contributed by atoms with Gasteiger partial charge in [0.15, 0.2) is 0 Å². The first-order chi connectivity index (χ1) is 13.7. The van der Waals surface area contributed by atoms with E-state index < -0.39 is 24.0 Å². The minimum atomic E-state index is -1.02. The number of cyclic esters (lactones) is 1. The molecule has 0 spiro atoms. The van der Waals surface area contributed by atoms with E-state index in [1.54, 1.807) is 10.9 Å². The van der Waals surface area contributed by atoms with Crippen LogP contribution in [0.4, 0.5) is 29.7 Å². The van der Waals surface area contributed by atoms with Gasteiger partial charge in [0.1, 0.15) is 6.10 Å². The van der Waals surface area contributed by atoms with E-state index in [1.165, 1.54) is 9.80 Å². The van der Waals surface area contributed by atoms with E-state index in [9.17, 15) is 18.4 Å². The molecule has 11 heteroatoms. The van der Waals surface area contributed by atoms with Crippen molar-refractivity contribution in [1.29, 1.82) is 0 Å². The normalized spacial score (nSPS) is 23.8. The Hall–Kier alpha value is -3.24. The van der Waals surface area contributed by atoms with E-state index in [0.29, 0.717) is 17.9 Å². The summed E-state index contributed by atoms with van der Waals surface area (Å²) in [6.07, 6.45) is 0.863. The summed E-state index contributed by atoms with van der Waals surface area (Å²) in [5.41, 5.74) is 1.23. The Labute approximate surface area is 165 Å². The van der Waals surface area contributed by atoms with Gasteiger partial charge in [-0.15, -0.1) is 0 Å². The average molecular weight is 406 g/mol. The molecule has 9 nitrogen and oxygen atoms in total. The van der Waals surface area contributed by atoms with Crippen molar-refractivity contribution in [1.82, 2.24) is 19.7 Å². The number of halogens is 2. The zero-order valence-corrected chi connectivity index (χ0v) is 16.1. The Bertz CT molecular complexity index is 960. The van der Waals surface area contributed by atoms with Gasteiger partial charge in [-0.1, -0.05) is 0 Å². The van der Waals surface area contributed by atoms with E-state index in [1.807, 2.05) is 20.8 Å². The summed E-state index contributed by atoms with van der Waals surface area (Å²) in [7, 11) is 0. The van der Waals surface area contributed by atoms with Gasteiger partial charge < -0.3 is 15.0 Å². The van der Waals surface area contributed by atoms with Crippen molar-refractivity contribution < 1.29 is 23.1 Å². The van der Waals surface area contributed by atoms with Crippen molar-refractivity contribution in [2.75, 3.05) is 10.2 Å². The lowest BCUT2D eigenvalue weighted by Gasteiger charge is -2.35. The highest BCUT2D eigenvalue weighted by atomic mass is 19.1. The van der Waals surface area contributed by atoms with Crippen LogP contribution in [0.25, 0.3) is 0 Å². The molecule has 29 heavy (non-hydrogen) atoms. The molecule has 0 bridgehead atoms. The molecule has 0 unspecified atom stereocenters. The number of amides is 3. The number of nitrogens with zero attached hydrogens (tertiary/aromatic N) is 5. The van der Waals surface area contributed by atoms with E-state index >= 15 is 0 Å². The Morgan fingerprint density at radius 2 is 1.93 bits per heavy atom. The van der Waals surface area contributed by atoms with Crippen molar-refractivity contribution in [2.45, 2.75) is 52.0 Å². The fourth-order valence-corrected chi connectivity index (χ4v) is 3.60. The number of fused-ring (bicyclic) bond motifs is 1. The summed E-state index contributed by atoms with van der Waals surface area (Å²) in [6.45, 7) is 6.11. The second-order valence-corrected chi connectivity index (χ2v) is 7.27. The molecular weight excluding hydrogens is 386 g/mol. The molecule has 0 radical (unpaired) electrons. The molecule has 2 aliphatic rings. The smallest absolute Gasteiger partial charge is 0.415 e. The molecule has 1 N–H and O–H groups in total. The minimum Gasteiger partial charge on any atom is -0.444 e. The quantitative estimate of drug-likeness (QED) is 0.775. The van der Waals surface area contributed by atoms with Crippen LogP contribution < -0.4 is 10.2 Å². The molecule has 154 valence electrons. The summed E-state index contributed by atoms with van der Waals surface area (Å²) < 4.78 is 33.6. The molecule has 3 atom stereocenters. The van der Waals surface area contributed by atoms with Crippen molar-refractivity contribution >= 4 is 23.5 Å². The molecule has 4 heterocycles. The molecule has 0 saturated carbocycles. The summed E-state index contributed by atoms with van der Waals surface area (Å²) in [5, 5.41) is 6.84.